The van der Waals surface area contributed by atoms with Crippen molar-refractivity contribution in [2.45, 2.75) is 39.5 Å². The molecule has 0 aliphatic rings. The number of ketones is 2. The lowest BCUT2D eigenvalue weighted by Crippen LogP contribution is -2.14. The van der Waals surface area contributed by atoms with Crippen LogP contribution < -0.4 is 0 Å². The van der Waals surface area contributed by atoms with E-state index in [-0.39, 0.29) is 0 Å². The molecule has 0 spiro atoms. The van der Waals surface area contributed by atoms with E-state index in [0.29, 0.717) is 11.1 Å². The van der Waals surface area contributed by atoms with Gasteiger partial charge in [-0.2, -0.15) is 0 Å². The van der Waals surface area contributed by atoms with Gasteiger partial charge in [0, 0.05) is 24.3 Å². The average molecular weight is 340 g/mol. The molecule has 0 fully saturated rings. The molecule has 134 valence electrons. The molecule has 0 heterocycles. The summed E-state index contributed by atoms with van der Waals surface area (Å²) in [4.78, 5) is 23.6. The number of carbonyl (C=O) groups excluding carboxylic acids is 2. The lowest BCUT2D eigenvalue weighted by molar-refractivity contribution is 0.0817. The second-order valence-electron chi connectivity index (χ2n) is 5.71. The Morgan fingerprint density at radius 1 is 0.680 bits per heavy atom. The molecular formula is C22H28O3. The Bertz CT molecular complexity index is 550. The molecule has 0 unspecified atom stereocenters. The number of ether oxygens (including phenoxy) is 1. The summed E-state index contributed by atoms with van der Waals surface area (Å²) in [6.45, 7) is 6.28. The third-order valence-corrected chi connectivity index (χ3v) is 3.56. The quantitative estimate of drug-likeness (QED) is 0.351. The first-order chi connectivity index (χ1) is 12.2. The summed E-state index contributed by atoms with van der Waals surface area (Å²) in [5, 5.41) is 0. The highest BCUT2D eigenvalue weighted by Gasteiger charge is 2.16. The molecule has 2 aromatic carbocycles. The molecule has 0 atom stereocenters. The van der Waals surface area contributed by atoms with Crippen LogP contribution in [0.2, 0.25) is 0 Å². The maximum Gasteiger partial charge on any atom is 0.233 e. The summed E-state index contributed by atoms with van der Waals surface area (Å²) in [6, 6.07) is 17.2. The second kappa shape index (κ2) is 13.1. The minimum Gasteiger partial charge on any atom is -0.381 e. The van der Waals surface area contributed by atoms with E-state index in [4.69, 9.17) is 4.74 Å². The number of hydrogen-bond acceptors (Lipinski definition) is 3. The first kappa shape index (κ1) is 20.8. The Labute approximate surface area is 151 Å². The Morgan fingerprint density at radius 2 is 1.04 bits per heavy atom. The van der Waals surface area contributed by atoms with Crippen LogP contribution >= 0.6 is 0 Å². The van der Waals surface area contributed by atoms with E-state index in [2.05, 4.69) is 13.8 Å². The van der Waals surface area contributed by atoms with Crippen molar-refractivity contribution in [3.8, 4) is 0 Å². The monoisotopic (exact) mass is 340 g/mol. The van der Waals surface area contributed by atoms with Gasteiger partial charge in [0.05, 0.1) is 0 Å². The molecule has 3 nitrogen and oxygen atoms in total. The average Bonchev–Trinajstić information content (AvgIpc) is 2.68. The van der Waals surface area contributed by atoms with Gasteiger partial charge in [-0.05, 0) is 12.8 Å². The van der Waals surface area contributed by atoms with Crippen molar-refractivity contribution in [3.05, 3.63) is 71.8 Å². The third kappa shape index (κ3) is 8.41. The van der Waals surface area contributed by atoms with Crippen molar-refractivity contribution in [3.63, 3.8) is 0 Å². The minimum absolute atomic E-state index is 0.427. The van der Waals surface area contributed by atoms with Gasteiger partial charge in [0.25, 0.3) is 0 Å². The van der Waals surface area contributed by atoms with Crippen molar-refractivity contribution in [2.24, 2.45) is 0 Å². The molecule has 0 saturated heterocycles. The summed E-state index contributed by atoms with van der Waals surface area (Å²) in [6.07, 6.45) is 4.91. The molecule has 0 aliphatic heterocycles. The van der Waals surface area contributed by atoms with E-state index in [9.17, 15) is 9.59 Å². The topological polar surface area (TPSA) is 43.4 Å². The predicted molar refractivity (Wildman–Crippen MR) is 102 cm³/mol. The lowest BCUT2D eigenvalue weighted by Gasteiger charge is -1.99. The summed E-state index contributed by atoms with van der Waals surface area (Å²) in [5.74, 6) is -0.932. The smallest absolute Gasteiger partial charge is 0.233 e. The fourth-order valence-corrected chi connectivity index (χ4v) is 2.04. The number of hydrogen-bond donors (Lipinski definition) is 0. The number of rotatable bonds is 9. The fourth-order valence-electron chi connectivity index (χ4n) is 2.04. The van der Waals surface area contributed by atoms with Gasteiger partial charge in [-0.1, -0.05) is 87.4 Å². The van der Waals surface area contributed by atoms with E-state index in [1.807, 2.05) is 12.1 Å². The van der Waals surface area contributed by atoms with Crippen LogP contribution in [0.1, 0.15) is 60.2 Å². The molecule has 0 bridgehead atoms. The summed E-state index contributed by atoms with van der Waals surface area (Å²) >= 11 is 0. The van der Waals surface area contributed by atoms with E-state index in [0.717, 1.165) is 13.2 Å². The van der Waals surface area contributed by atoms with Crippen LogP contribution in [0.4, 0.5) is 0 Å². The Kier molecular flexibility index (Phi) is 10.9. The van der Waals surface area contributed by atoms with Gasteiger partial charge in [-0.25, -0.2) is 0 Å². The Balaban J connectivity index is 0.000000299. The van der Waals surface area contributed by atoms with Crippen LogP contribution in [0.5, 0.6) is 0 Å². The van der Waals surface area contributed by atoms with Crippen molar-refractivity contribution < 1.29 is 14.3 Å². The molecule has 2 rings (SSSR count). The zero-order valence-corrected chi connectivity index (χ0v) is 15.2. The van der Waals surface area contributed by atoms with Gasteiger partial charge in [0.2, 0.25) is 11.6 Å². The zero-order valence-electron chi connectivity index (χ0n) is 15.2. The van der Waals surface area contributed by atoms with Gasteiger partial charge in [0.15, 0.2) is 0 Å². The summed E-state index contributed by atoms with van der Waals surface area (Å²) < 4.78 is 5.31. The van der Waals surface area contributed by atoms with Gasteiger partial charge in [-0.3, -0.25) is 9.59 Å². The van der Waals surface area contributed by atoms with E-state index >= 15 is 0 Å². The van der Waals surface area contributed by atoms with Crippen LogP contribution in [-0.2, 0) is 4.74 Å². The van der Waals surface area contributed by atoms with Crippen LogP contribution in [0.25, 0.3) is 0 Å². The molecule has 2 aromatic rings. The first-order valence-electron chi connectivity index (χ1n) is 8.97. The lowest BCUT2D eigenvalue weighted by atomic mass is 10.0. The maximum absolute atomic E-state index is 11.8. The van der Waals surface area contributed by atoms with Crippen LogP contribution in [0, 0.1) is 0 Å². The fraction of sp³-hybridized carbons (Fsp3) is 0.364. The summed E-state index contributed by atoms with van der Waals surface area (Å²) in [5.41, 5.74) is 0.854. The van der Waals surface area contributed by atoms with Crippen LogP contribution in [0.3, 0.4) is 0 Å². The number of benzene rings is 2. The molecule has 0 aromatic heterocycles. The number of unbranched alkanes of at least 4 members (excludes halogenated alkanes) is 2. The van der Waals surface area contributed by atoms with Crippen molar-refractivity contribution in [1.29, 1.82) is 0 Å². The summed E-state index contributed by atoms with van der Waals surface area (Å²) in [7, 11) is 0. The zero-order chi connectivity index (χ0) is 18.3. The van der Waals surface area contributed by atoms with Crippen molar-refractivity contribution in [2.75, 3.05) is 13.2 Å². The largest absolute Gasteiger partial charge is 0.381 e. The van der Waals surface area contributed by atoms with Crippen LogP contribution in [0.15, 0.2) is 60.7 Å². The highest BCUT2D eigenvalue weighted by Crippen LogP contribution is 2.07. The molecule has 0 amide bonds. The van der Waals surface area contributed by atoms with E-state index in [1.54, 1.807) is 48.5 Å². The van der Waals surface area contributed by atoms with Crippen molar-refractivity contribution in [1.82, 2.24) is 0 Å². The van der Waals surface area contributed by atoms with Gasteiger partial charge in [-0.15, -0.1) is 0 Å². The molecule has 0 aliphatic carbocycles. The van der Waals surface area contributed by atoms with Crippen molar-refractivity contribution >= 4 is 11.6 Å². The highest BCUT2D eigenvalue weighted by atomic mass is 16.5. The molecule has 0 radical (unpaired) electrons. The normalized spacial score (nSPS) is 9.84. The second-order valence-corrected chi connectivity index (χ2v) is 5.71. The van der Waals surface area contributed by atoms with E-state index < -0.39 is 11.6 Å². The maximum atomic E-state index is 11.8. The van der Waals surface area contributed by atoms with Crippen LogP contribution in [-0.4, -0.2) is 24.8 Å². The molecule has 3 heteroatoms. The molecule has 25 heavy (non-hydrogen) atoms. The van der Waals surface area contributed by atoms with E-state index in [1.165, 1.54) is 25.7 Å². The number of carbonyl (C=O) groups is 2. The standard InChI is InChI=1S/C14H10O2.C8H18O/c15-13(11-7-3-1-4-8-11)14(16)12-9-5-2-6-10-12;1-3-5-7-9-8-6-4-2/h1-10H;3-8H2,1-2H3. The number of Topliss-reactive ketones (excluding diaryl/α,β-unsaturated/α-hetero) is 2. The minimum atomic E-state index is -0.466. The first-order valence-corrected chi connectivity index (χ1v) is 8.97. The Morgan fingerprint density at radius 3 is 1.36 bits per heavy atom. The van der Waals surface area contributed by atoms with Gasteiger partial charge in [0.1, 0.15) is 0 Å². The highest BCUT2D eigenvalue weighted by molar-refractivity contribution is 6.49. The SMILES string of the molecule is CCCCOCCCC.O=C(C(=O)c1ccccc1)c1ccccc1. The molecular weight excluding hydrogens is 312 g/mol. The molecule has 0 N–H and O–H groups in total. The van der Waals surface area contributed by atoms with Gasteiger partial charge >= 0.3 is 0 Å². The third-order valence-electron chi connectivity index (χ3n) is 3.56. The Hall–Kier alpha value is -2.26. The van der Waals surface area contributed by atoms with Gasteiger partial charge < -0.3 is 4.74 Å². The molecule has 0 saturated carbocycles. The predicted octanol–water partition coefficient (Wildman–Crippen LogP) is 5.36.